The van der Waals surface area contributed by atoms with Crippen LogP contribution in [-0.2, 0) is 17.6 Å². The number of rotatable bonds is 5. The van der Waals surface area contributed by atoms with Crippen LogP contribution in [0.25, 0.3) is 11.5 Å². The maximum absolute atomic E-state index is 12.4. The van der Waals surface area contributed by atoms with E-state index in [-0.39, 0.29) is 18.0 Å². The predicted octanol–water partition coefficient (Wildman–Crippen LogP) is 3.26. The molecule has 0 atom stereocenters. The third kappa shape index (κ3) is 4.16. The van der Waals surface area contributed by atoms with Gasteiger partial charge in [0.15, 0.2) is 5.82 Å². The molecule has 2 aromatic rings. The number of nitrogens with one attached hydrogen (secondary N) is 1. The second-order valence-corrected chi connectivity index (χ2v) is 9.05. The van der Waals surface area contributed by atoms with E-state index in [4.69, 9.17) is 9.97 Å². The molecule has 28 heavy (non-hydrogen) atoms. The molecule has 6 heteroatoms. The minimum absolute atomic E-state index is 0.00392. The SMILES string of the molecule is CN(CC(=O)NC(C)(C)C)c1nc(-c2cc(C3CC3)ccn2)nc2c1CCC2. The first kappa shape index (κ1) is 18.8. The molecule has 2 aromatic heterocycles. The summed E-state index contributed by atoms with van der Waals surface area (Å²) >= 11 is 0. The van der Waals surface area contributed by atoms with Gasteiger partial charge in [-0.15, -0.1) is 0 Å². The zero-order valence-corrected chi connectivity index (χ0v) is 17.2. The Morgan fingerprint density at radius 1 is 1.25 bits per heavy atom. The van der Waals surface area contributed by atoms with Crippen LogP contribution in [0.2, 0.25) is 0 Å². The number of carbonyl (C=O) groups excluding carboxylic acids is 1. The Kier molecular flexibility index (Phi) is 4.81. The van der Waals surface area contributed by atoms with E-state index >= 15 is 0 Å². The molecule has 0 aromatic carbocycles. The average molecular weight is 380 g/mol. The van der Waals surface area contributed by atoms with E-state index in [2.05, 4.69) is 22.4 Å². The number of amides is 1. The van der Waals surface area contributed by atoms with Gasteiger partial charge in [-0.1, -0.05) is 0 Å². The van der Waals surface area contributed by atoms with E-state index < -0.39 is 0 Å². The first-order valence-electron chi connectivity index (χ1n) is 10.2. The quantitative estimate of drug-likeness (QED) is 0.863. The lowest BCUT2D eigenvalue weighted by Crippen LogP contribution is -2.45. The number of likely N-dealkylation sites (N-methyl/N-ethyl adjacent to an activating group) is 1. The molecule has 1 amide bonds. The molecule has 6 nitrogen and oxygen atoms in total. The number of hydrogen-bond donors (Lipinski definition) is 1. The Labute approximate surface area is 166 Å². The van der Waals surface area contributed by atoms with E-state index in [1.807, 2.05) is 38.9 Å². The van der Waals surface area contributed by atoms with Crippen molar-refractivity contribution in [2.24, 2.45) is 0 Å². The molecule has 2 heterocycles. The molecule has 0 aliphatic heterocycles. The average Bonchev–Trinajstić information content (AvgIpc) is 3.36. The summed E-state index contributed by atoms with van der Waals surface area (Å²) in [5.41, 5.74) is 4.18. The second kappa shape index (κ2) is 7.15. The molecule has 2 aliphatic carbocycles. The summed E-state index contributed by atoms with van der Waals surface area (Å²) in [5, 5.41) is 3.02. The van der Waals surface area contributed by atoms with E-state index in [0.29, 0.717) is 11.7 Å². The largest absolute Gasteiger partial charge is 0.350 e. The van der Waals surface area contributed by atoms with Crippen LogP contribution in [0.3, 0.4) is 0 Å². The molecule has 148 valence electrons. The van der Waals surface area contributed by atoms with Crippen LogP contribution in [0.5, 0.6) is 0 Å². The molecule has 0 bridgehead atoms. The Bertz CT molecular complexity index is 898. The Morgan fingerprint density at radius 3 is 2.75 bits per heavy atom. The summed E-state index contributed by atoms with van der Waals surface area (Å²) in [5.74, 6) is 2.19. The molecular weight excluding hydrogens is 350 g/mol. The summed E-state index contributed by atoms with van der Waals surface area (Å²) in [6, 6.07) is 4.23. The van der Waals surface area contributed by atoms with Crippen molar-refractivity contribution < 1.29 is 4.79 Å². The molecule has 0 radical (unpaired) electrons. The van der Waals surface area contributed by atoms with Crippen LogP contribution in [-0.4, -0.2) is 40.0 Å². The highest BCUT2D eigenvalue weighted by Gasteiger charge is 2.26. The highest BCUT2D eigenvalue weighted by Crippen LogP contribution is 2.40. The van der Waals surface area contributed by atoms with Crippen LogP contribution in [0.15, 0.2) is 18.3 Å². The highest BCUT2D eigenvalue weighted by atomic mass is 16.2. The fourth-order valence-corrected chi connectivity index (χ4v) is 3.83. The molecule has 0 spiro atoms. The third-order valence-electron chi connectivity index (χ3n) is 5.23. The van der Waals surface area contributed by atoms with Gasteiger partial charge in [0.2, 0.25) is 5.91 Å². The first-order valence-corrected chi connectivity index (χ1v) is 10.2. The lowest BCUT2D eigenvalue weighted by molar-refractivity contribution is -0.121. The van der Waals surface area contributed by atoms with Crippen molar-refractivity contribution in [1.82, 2.24) is 20.3 Å². The van der Waals surface area contributed by atoms with Crippen LogP contribution in [0, 0.1) is 0 Å². The smallest absolute Gasteiger partial charge is 0.239 e. The van der Waals surface area contributed by atoms with Crippen molar-refractivity contribution in [2.45, 2.75) is 64.3 Å². The monoisotopic (exact) mass is 379 g/mol. The molecule has 0 unspecified atom stereocenters. The van der Waals surface area contributed by atoms with Crippen LogP contribution in [0.1, 0.15) is 62.8 Å². The molecule has 2 aliphatic rings. The maximum atomic E-state index is 12.4. The fraction of sp³-hybridized carbons (Fsp3) is 0.545. The summed E-state index contributed by atoms with van der Waals surface area (Å²) in [4.78, 5) is 28.6. The van der Waals surface area contributed by atoms with Gasteiger partial charge in [-0.05, 0) is 76.5 Å². The van der Waals surface area contributed by atoms with Crippen molar-refractivity contribution in [2.75, 3.05) is 18.5 Å². The normalized spacial score (nSPS) is 16.0. The summed E-state index contributed by atoms with van der Waals surface area (Å²) in [6.07, 6.45) is 7.38. The van der Waals surface area contributed by atoms with Crippen molar-refractivity contribution in [1.29, 1.82) is 0 Å². The first-order chi connectivity index (χ1) is 13.3. The second-order valence-electron chi connectivity index (χ2n) is 9.05. The minimum atomic E-state index is -0.246. The van der Waals surface area contributed by atoms with Gasteiger partial charge in [-0.25, -0.2) is 9.97 Å². The number of aromatic nitrogens is 3. The van der Waals surface area contributed by atoms with E-state index in [9.17, 15) is 4.79 Å². The number of nitrogens with zero attached hydrogens (tertiary/aromatic N) is 4. The minimum Gasteiger partial charge on any atom is -0.350 e. The number of carbonyl (C=O) groups is 1. The molecular formula is C22H29N5O. The fourth-order valence-electron chi connectivity index (χ4n) is 3.83. The van der Waals surface area contributed by atoms with Gasteiger partial charge >= 0.3 is 0 Å². The van der Waals surface area contributed by atoms with Gasteiger partial charge in [-0.3, -0.25) is 9.78 Å². The van der Waals surface area contributed by atoms with Crippen LogP contribution >= 0.6 is 0 Å². The predicted molar refractivity (Wildman–Crippen MR) is 110 cm³/mol. The van der Waals surface area contributed by atoms with Gasteiger partial charge in [0.25, 0.3) is 0 Å². The van der Waals surface area contributed by atoms with E-state index in [0.717, 1.165) is 36.5 Å². The number of hydrogen-bond acceptors (Lipinski definition) is 5. The number of pyridine rings is 1. The summed E-state index contributed by atoms with van der Waals surface area (Å²) in [6.45, 7) is 6.24. The zero-order valence-electron chi connectivity index (χ0n) is 17.2. The zero-order chi connectivity index (χ0) is 19.9. The highest BCUT2D eigenvalue weighted by molar-refractivity contribution is 5.82. The lowest BCUT2D eigenvalue weighted by Gasteiger charge is -2.25. The van der Waals surface area contributed by atoms with Crippen molar-refractivity contribution in [3.63, 3.8) is 0 Å². The van der Waals surface area contributed by atoms with Gasteiger partial charge in [0.1, 0.15) is 11.5 Å². The standard InChI is InChI=1S/C22H29N5O/c1-22(2,3)26-19(28)13-27(4)21-16-6-5-7-17(16)24-20(25-21)18-12-15(10-11-23-18)14-8-9-14/h10-12,14H,5-9,13H2,1-4H3,(H,26,28). The molecule has 0 saturated heterocycles. The molecule has 1 saturated carbocycles. The van der Waals surface area contributed by atoms with Crippen molar-refractivity contribution in [3.8, 4) is 11.5 Å². The molecule has 4 rings (SSSR count). The molecule has 1 fully saturated rings. The van der Waals surface area contributed by atoms with E-state index in [1.54, 1.807) is 0 Å². The van der Waals surface area contributed by atoms with Crippen molar-refractivity contribution >= 4 is 11.7 Å². The number of fused-ring (bicyclic) bond motifs is 1. The topological polar surface area (TPSA) is 71.0 Å². The van der Waals surface area contributed by atoms with Crippen molar-refractivity contribution in [3.05, 3.63) is 35.2 Å². The summed E-state index contributed by atoms with van der Waals surface area (Å²) in [7, 11) is 1.93. The lowest BCUT2D eigenvalue weighted by atomic mass is 10.1. The Hall–Kier alpha value is -2.50. The van der Waals surface area contributed by atoms with Gasteiger partial charge in [0.05, 0.1) is 6.54 Å². The number of aryl methyl sites for hydroxylation is 1. The van der Waals surface area contributed by atoms with Gasteiger partial charge < -0.3 is 10.2 Å². The Morgan fingerprint density at radius 2 is 2.04 bits per heavy atom. The van der Waals surface area contributed by atoms with E-state index in [1.165, 1.54) is 24.0 Å². The number of anilines is 1. The van der Waals surface area contributed by atoms with Crippen LogP contribution in [0.4, 0.5) is 5.82 Å². The Balaban J connectivity index is 1.64. The summed E-state index contributed by atoms with van der Waals surface area (Å²) < 4.78 is 0. The van der Waals surface area contributed by atoms with Crippen LogP contribution < -0.4 is 10.2 Å². The van der Waals surface area contributed by atoms with Gasteiger partial charge in [0, 0.05) is 30.0 Å². The third-order valence-corrected chi connectivity index (χ3v) is 5.23. The molecule has 1 N–H and O–H groups in total. The maximum Gasteiger partial charge on any atom is 0.239 e. The van der Waals surface area contributed by atoms with Gasteiger partial charge in [-0.2, -0.15) is 0 Å².